The first kappa shape index (κ1) is 19.6. The van der Waals surface area contributed by atoms with Crippen molar-refractivity contribution in [1.82, 2.24) is 0 Å². The second kappa shape index (κ2) is 8.43. The lowest BCUT2D eigenvalue weighted by Gasteiger charge is -2.30. The van der Waals surface area contributed by atoms with E-state index in [0.717, 1.165) is 12.1 Å². The summed E-state index contributed by atoms with van der Waals surface area (Å²) in [6.07, 6.45) is 5.83. The van der Waals surface area contributed by atoms with Gasteiger partial charge in [-0.2, -0.15) is 5.10 Å². The minimum Gasteiger partial charge on any atom is -0.378 e. The van der Waals surface area contributed by atoms with Crippen LogP contribution in [0.3, 0.4) is 0 Å². The average molecular weight is 408 g/mol. The van der Waals surface area contributed by atoms with Crippen molar-refractivity contribution in [3.8, 4) is 0 Å². The van der Waals surface area contributed by atoms with Gasteiger partial charge in [0.25, 0.3) is 0 Å². The number of fused-ring (bicyclic) bond motifs is 1. The Morgan fingerprint density at radius 3 is 2.23 bits per heavy atom. The quantitative estimate of drug-likeness (QED) is 0.488. The fourth-order valence-electron chi connectivity index (χ4n) is 4.85. The van der Waals surface area contributed by atoms with Crippen LogP contribution in [0.4, 0.5) is 11.4 Å². The lowest BCUT2D eigenvalue weighted by Crippen LogP contribution is -2.28. The van der Waals surface area contributed by atoms with Crippen LogP contribution in [-0.2, 0) is 0 Å². The van der Waals surface area contributed by atoms with Gasteiger partial charge in [0.15, 0.2) is 0 Å². The monoisotopic (exact) mass is 407 g/mol. The molecule has 3 aromatic rings. The van der Waals surface area contributed by atoms with Crippen molar-refractivity contribution < 1.29 is 0 Å². The second-order valence-electron chi connectivity index (χ2n) is 8.68. The van der Waals surface area contributed by atoms with Crippen molar-refractivity contribution in [2.75, 3.05) is 24.0 Å². The smallest absolute Gasteiger partial charge is 0.0859 e. The molecular weight excluding hydrogens is 378 g/mol. The molecule has 3 nitrogen and oxygen atoms in total. The first-order chi connectivity index (χ1) is 15.2. The highest BCUT2D eigenvalue weighted by molar-refractivity contribution is 6.08. The normalized spacial score (nSPS) is 21.7. The number of para-hydroxylation sites is 1. The Hall–Kier alpha value is -3.33. The van der Waals surface area contributed by atoms with Crippen molar-refractivity contribution >= 4 is 23.2 Å². The van der Waals surface area contributed by atoms with Gasteiger partial charge in [-0.05, 0) is 66.3 Å². The molecule has 3 heteroatoms. The van der Waals surface area contributed by atoms with Gasteiger partial charge in [-0.3, -0.25) is 5.01 Å². The number of allylic oxidation sites excluding steroid dienone is 1. The molecule has 0 N–H and O–H groups in total. The topological polar surface area (TPSA) is 18.8 Å². The summed E-state index contributed by atoms with van der Waals surface area (Å²) in [6, 6.07) is 30.5. The lowest BCUT2D eigenvalue weighted by molar-refractivity contribution is 0.488. The predicted octanol–water partition coefficient (Wildman–Crippen LogP) is 6.55. The maximum Gasteiger partial charge on any atom is 0.0859 e. The molecule has 0 saturated heterocycles. The molecule has 31 heavy (non-hydrogen) atoms. The van der Waals surface area contributed by atoms with Crippen molar-refractivity contribution in [3.05, 3.63) is 102 Å². The zero-order valence-electron chi connectivity index (χ0n) is 18.3. The molecule has 0 unspecified atom stereocenters. The fraction of sp³-hybridized carbons (Fsp3) is 0.250. The van der Waals surface area contributed by atoms with E-state index in [1.54, 1.807) is 0 Å². The Kier molecular flexibility index (Phi) is 5.33. The predicted molar refractivity (Wildman–Crippen MR) is 132 cm³/mol. The molecule has 0 amide bonds. The van der Waals surface area contributed by atoms with Crippen molar-refractivity contribution in [2.24, 2.45) is 11.0 Å². The van der Waals surface area contributed by atoms with Gasteiger partial charge in [0.1, 0.15) is 0 Å². The molecule has 5 rings (SSSR count). The van der Waals surface area contributed by atoms with Gasteiger partial charge in [-0.1, -0.05) is 60.7 Å². The number of hydrazone groups is 1. The number of rotatable bonds is 4. The summed E-state index contributed by atoms with van der Waals surface area (Å²) < 4.78 is 0. The number of anilines is 2. The molecular formula is C28H29N3. The van der Waals surface area contributed by atoms with Crippen LogP contribution in [-0.4, -0.2) is 19.8 Å². The maximum absolute atomic E-state index is 5.23. The molecule has 1 heterocycles. The van der Waals surface area contributed by atoms with Gasteiger partial charge in [0.05, 0.1) is 17.4 Å². The zero-order valence-corrected chi connectivity index (χ0v) is 18.3. The summed E-state index contributed by atoms with van der Waals surface area (Å²) in [5.74, 6) is 0.420. The number of benzene rings is 3. The summed E-state index contributed by atoms with van der Waals surface area (Å²) in [5.41, 5.74) is 7.62. The fourth-order valence-corrected chi connectivity index (χ4v) is 4.85. The van der Waals surface area contributed by atoms with Crippen molar-refractivity contribution in [1.29, 1.82) is 0 Å². The van der Waals surface area contributed by atoms with E-state index < -0.39 is 0 Å². The van der Waals surface area contributed by atoms with E-state index in [4.69, 9.17) is 5.10 Å². The van der Waals surface area contributed by atoms with Crippen molar-refractivity contribution in [2.45, 2.75) is 25.3 Å². The van der Waals surface area contributed by atoms with Crippen LogP contribution in [0.5, 0.6) is 0 Å². The van der Waals surface area contributed by atoms with Crippen LogP contribution < -0.4 is 9.91 Å². The molecule has 0 spiro atoms. The standard InChI is InChI=1S/C28H29N3/c1-30(2)24-18-16-21(17-19-24)20-23-12-9-15-26-27(23)29-31(25-13-7-4-8-14-25)28(26)22-10-5-3-6-11-22/h3-8,10-11,13-14,16-20,26,28H,9,12,15H2,1-2H3/b23-20-/t26-,28-/m0/s1. The number of hydrogen-bond acceptors (Lipinski definition) is 3. The summed E-state index contributed by atoms with van der Waals surface area (Å²) in [7, 11) is 4.16. The van der Waals surface area contributed by atoms with Crippen LogP contribution in [0.25, 0.3) is 6.08 Å². The third-order valence-electron chi connectivity index (χ3n) is 6.41. The Morgan fingerprint density at radius 1 is 0.871 bits per heavy atom. The van der Waals surface area contributed by atoms with E-state index >= 15 is 0 Å². The lowest BCUT2D eigenvalue weighted by atomic mass is 9.77. The largest absolute Gasteiger partial charge is 0.378 e. The molecule has 0 radical (unpaired) electrons. The van der Waals surface area contributed by atoms with Gasteiger partial charge >= 0.3 is 0 Å². The first-order valence-corrected chi connectivity index (χ1v) is 11.2. The molecule has 156 valence electrons. The minimum atomic E-state index is 0.249. The molecule has 2 aliphatic rings. The number of nitrogens with zero attached hydrogens (tertiary/aromatic N) is 3. The van der Waals surface area contributed by atoms with Crippen LogP contribution in [0.15, 0.2) is 95.6 Å². The van der Waals surface area contributed by atoms with E-state index in [0.29, 0.717) is 5.92 Å². The molecule has 0 aromatic heterocycles. The minimum absolute atomic E-state index is 0.249. The third kappa shape index (κ3) is 3.88. The summed E-state index contributed by atoms with van der Waals surface area (Å²) in [6.45, 7) is 0. The second-order valence-corrected chi connectivity index (χ2v) is 8.68. The first-order valence-electron chi connectivity index (χ1n) is 11.2. The Labute approximate surface area is 185 Å². The Balaban J connectivity index is 1.54. The van der Waals surface area contributed by atoms with Gasteiger partial charge in [-0.15, -0.1) is 0 Å². The third-order valence-corrected chi connectivity index (χ3v) is 6.41. The van der Waals surface area contributed by atoms with E-state index in [1.165, 1.54) is 40.9 Å². The maximum atomic E-state index is 5.23. The van der Waals surface area contributed by atoms with Crippen LogP contribution in [0, 0.1) is 5.92 Å². The molecule has 1 saturated carbocycles. The highest BCUT2D eigenvalue weighted by Crippen LogP contribution is 2.46. The van der Waals surface area contributed by atoms with Gasteiger partial charge < -0.3 is 4.90 Å². The van der Waals surface area contributed by atoms with E-state index in [2.05, 4.69) is 115 Å². The molecule has 1 aliphatic carbocycles. The molecule has 1 aliphatic heterocycles. The SMILES string of the molecule is CN(C)c1ccc(/C=C2/CCC[C@H]3C2=NN(c2ccccc2)[C@H]3c2ccccc2)cc1. The van der Waals surface area contributed by atoms with Gasteiger partial charge in [-0.25, -0.2) is 0 Å². The van der Waals surface area contributed by atoms with Gasteiger partial charge in [0.2, 0.25) is 0 Å². The Bertz CT molecular complexity index is 1080. The highest BCUT2D eigenvalue weighted by Gasteiger charge is 2.41. The van der Waals surface area contributed by atoms with Crippen LogP contribution >= 0.6 is 0 Å². The zero-order chi connectivity index (χ0) is 21.2. The van der Waals surface area contributed by atoms with E-state index in [-0.39, 0.29) is 6.04 Å². The Morgan fingerprint density at radius 2 is 1.55 bits per heavy atom. The van der Waals surface area contributed by atoms with Crippen molar-refractivity contribution in [3.63, 3.8) is 0 Å². The average Bonchev–Trinajstić information content (AvgIpc) is 3.21. The molecule has 0 bridgehead atoms. The molecule has 3 aromatic carbocycles. The van der Waals surface area contributed by atoms with E-state index in [9.17, 15) is 0 Å². The van der Waals surface area contributed by atoms with Gasteiger partial charge in [0, 0.05) is 25.7 Å². The van der Waals surface area contributed by atoms with Crippen LogP contribution in [0.2, 0.25) is 0 Å². The van der Waals surface area contributed by atoms with Crippen LogP contribution in [0.1, 0.15) is 36.4 Å². The summed E-state index contributed by atoms with van der Waals surface area (Å²) in [5, 5.41) is 7.49. The summed E-state index contributed by atoms with van der Waals surface area (Å²) in [4.78, 5) is 2.14. The highest BCUT2D eigenvalue weighted by atomic mass is 15.5. The molecule has 2 atom stereocenters. The molecule has 1 fully saturated rings. The van der Waals surface area contributed by atoms with E-state index in [1.807, 2.05) is 0 Å². The summed E-state index contributed by atoms with van der Waals surface area (Å²) >= 11 is 0. The number of hydrogen-bond donors (Lipinski definition) is 0.